The maximum absolute atomic E-state index is 13.4. The zero-order chi connectivity index (χ0) is 21.1. The van der Waals surface area contributed by atoms with Gasteiger partial charge in [0.15, 0.2) is 0 Å². The molecule has 0 radical (unpaired) electrons. The summed E-state index contributed by atoms with van der Waals surface area (Å²) < 4.78 is 46.5. The van der Waals surface area contributed by atoms with Gasteiger partial charge in [-0.05, 0) is 36.4 Å². The van der Waals surface area contributed by atoms with Gasteiger partial charge >= 0.3 is 0 Å². The second kappa shape index (κ2) is 8.41. The molecule has 1 atom stereocenters. The number of aromatic nitrogens is 1. The first kappa shape index (κ1) is 20.3. The molecule has 0 saturated carbocycles. The first-order valence-corrected chi connectivity index (χ1v) is 11.5. The molecule has 1 aliphatic rings. The number of ether oxygens (including phenoxy) is 1. The van der Waals surface area contributed by atoms with E-state index in [0.717, 1.165) is 6.07 Å². The van der Waals surface area contributed by atoms with Gasteiger partial charge in [0, 0.05) is 35.8 Å². The molecule has 10 heteroatoms. The normalized spacial score (nSPS) is 16.4. The smallest absolute Gasteiger partial charge is 0.273 e. The van der Waals surface area contributed by atoms with Crippen LogP contribution in [0, 0.1) is 5.82 Å². The van der Waals surface area contributed by atoms with Crippen molar-refractivity contribution in [2.75, 3.05) is 17.8 Å². The minimum atomic E-state index is -3.98. The highest BCUT2D eigenvalue weighted by atomic mass is 32.2. The number of halogens is 1. The summed E-state index contributed by atoms with van der Waals surface area (Å²) in [5, 5.41) is 2.40. The second-order valence-electron chi connectivity index (χ2n) is 6.72. The molecule has 0 aliphatic carbocycles. The van der Waals surface area contributed by atoms with E-state index in [4.69, 9.17) is 4.74 Å². The van der Waals surface area contributed by atoms with Gasteiger partial charge in [-0.1, -0.05) is 23.5 Å². The number of rotatable bonds is 6. The van der Waals surface area contributed by atoms with E-state index >= 15 is 0 Å². The van der Waals surface area contributed by atoms with Crippen LogP contribution in [0.5, 0.6) is 5.19 Å². The van der Waals surface area contributed by atoms with E-state index in [2.05, 4.69) is 9.71 Å². The molecule has 156 valence electrons. The van der Waals surface area contributed by atoms with Gasteiger partial charge in [-0.15, -0.1) is 0 Å². The van der Waals surface area contributed by atoms with Crippen LogP contribution in [0.3, 0.4) is 0 Å². The zero-order valence-electron chi connectivity index (χ0n) is 15.7. The monoisotopic (exact) mass is 447 g/mol. The molecule has 0 spiro atoms. The molecule has 2 heterocycles. The number of nitrogens with one attached hydrogen (secondary N) is 1. The van der Waals surface area contributed by atoms with Crippen molar-refractivity contribution in [3.05, 3.63) is 71.5 Å². The Bertz CT molecular complexity index is 1150. The zero-order valence-corrected chi connectivity index (χ0v) is 17.3. The lowest BCUT2D eigenvalue weighted by Crippen LogP contribution is -2.31. The van der Waals surface area contributed by atoms with Crippen molar-refractivity contribution in [2.45, 2.75) is 17.4 Å². The first-order valence-electron chi connectivity index (χ1n) is 9.14. The van der Waals surface area contributed by atoms with E-state index in [1.54, 1.807) is 23.2 Å². The number of likely N-dealkylation sites (tertiary alicyclic amines) is 1. The third-order valence-electron chi connectivity index (χ3n) is 4.58. The summed E-state index contributed by atoms with van der Waals surface area (Å²) >= 11 is 1.40. The predicted octanol–water partition coefficient (Wildman–Crippen LogP) is 3.38. The van der Waals surface area contributed by atoms with Crippen molar-refractivity contribution in [1.29, 1.82) is 0 Å². The Labute approximate surface area is 177 Å². The summed E-state index contributed by atoms with van der Waals surface area (Å²) in [4.78, 5) is 18.4. The van der Waals surface area contributed by atoms with E-state index in [1.807, 2.05) is 5.38 Å². The molecule has 3 aromatic rings. The minimum Gasteiger partial charge on any atom is -0.465 e. The maximum Gasteiger partial charge on any atom is 0.273 e. The van der Waals surface area contributed by atoms with Gasteiger partial charge in [-0.25, -0.2) is 17.8 Å². The Hall–Kier alpha value is -2.98. The quantitative estimate of drug-likeness (QED) is 0.626. The lowest BCUT2D eigenvalue weighted by molar-refractivity contribution is 0.0772. The molecule has 1 N–H and O–H groups in total. The molecule has 30 heavy (non-hydrogen) atoms. The summed E-state index contributed by atoms with van der Waals surface area (Å²) in [6.07, 6.45) is 2.22. The highest BCUT2D eigenvalue weighted by Crippen LogP contribution is 2.23. The number of carbonyl (C=O) groups is 1. The average Bonchev–Trinajstić information content (AvgIpc) is 3.40. The number of nitrogens with zero attached hydrogens (tertiary/aromatic N) is 2. The highest BCUT2D eigenvalue weighted by molar-refractivity contribution is 7.92. The predicted molar refractivity (Wildman–Crippen MR) is 111 cm³/mol. The molecule has 0 bridgehead atoms. The van der Waals surface area contributed by atoms with Gasteiger partial charge in [0.05, 0.1) is 11.4 Å². The van der Waals surface area contributed by atoms with Gasteiger partial charge in [0.2, 0.25) is 0 Å². The highest BCUT2D eigenvalue weighted by Gasteiger charge is 2.29. The molecule has 2 aromatic carbocycles. The molecular weight excluding hydrogens is 429 g/mol. The van der Waals surface area contributed by atoms with Crippen molar-refractivity contribution in [2.24, 2.45) is 0 Å². The van der Waals surface area contributed by atoms with Gasteiger partial charge in [-0.3, -0.25) is 9.52 Å². The SMILES string of the molecule is O=C(c1cccc(NS(=O)(=O)c2cccc(F)c2)c1)N1CCC(Oc2nccs2)C1. The van der Waals surface area contributed by atoms with Crippen LogP contribution in [0.1, 0.15) is 16.8 Å². The summed E-state index contributed by atoms with van der Waals surface area (Å²) in [7, 11) is -3.98. The lowest BCUT2D eigenvalue weighted by Gasteiger charge is -2.17. The molecular formula is C20H18FN3O4S2. The maximum atomic E-state index is 13.4. The van der Waals surface area contributed by atoms with Crippen LogP contribution in [-0.4, -0.2) is 43.4 Å². The van der Waals surface area contributed by atoms with Crippen LogP contribution in [0.25, 0.3) is 0 Å². The summed E-state index contributed by atoms with van der Waals surface area (Å²) in [6.45, 7) is 0.964. The second-order valence-corrected chi connectivity index (χ2v) is 9.26. The number of benzene rings is 2. The number of anilines is 1. The Morgan fingerprint density at radius 2 is 2.07 bits per heavy atom. The lowest BCUT2D eigenvalue weighted by atomic mass is 10.2. The molecule has 1 fully saturated rings. The number of sulfonamides is 1. The number of carbonyl (C=O) groups excluding carboxylic acids is 1. The van der Waals surface area contributed by atoms with Gasteiger partial charge < -0.3 is 9.64 Å². The number of amides is 1. The van der Waals surface area contributed by atoms with Crippen molar-refractivity contribution >= 4 is 33.0 Å². The third kappa shape index (κ3) is 4.60. The van der Waals surface area contributed by atoms with Crippen LogP contribution in [0.2, 0.25) is 0 Å². The first-order chi connectivity index (χ1) is 14.4. The van der Waals surface area contributed by atoms with Gasteiger partial charge in [0.25, 0.3) is 21.1 Å². The number of thiazole rings is 1. The fraction of sp³-hybridized carbons (Fsp3) is 0.200. The molecule has 1 amide bonds. The van der Waals surface area contributed by atoms with Crippen LogP contribution in [0.4, 0.5) is 10.1 Å². The molecule has 4 rings (SSSR count). The standard InChI is InChI=1S/C20H18FN3O4S2/c21-15-4-2-6-18(12-15)30(26,27)23-16-5-1-3-14(11-16)19(25)24-9-7-17(13-24)28-20-22-8-10-29-20/h1-6,8,10-12,17,23H,7,9,13H2. The Morgan fingerprint density at radius 3 is 2.83 bits per heavy atom. The molecule has 1 aliphatic heterocycles. The molecule has 1 saturated heterocycles. The summed E-state index contributed by atoms with van der Waals surface area (Å²) in [6, 6.07) is 10.9. The van der Waals surface area contributed by atoms with Crippen molar-refractivity contribution < 1.29 is 22.3 Å². The van der Waals surface area contributed by atoms with E-state index < -0.39 is 15.8 Å². The van der Waals surface area contributed by atoms with Crippen molar-refractivity contribution in [3.8, 4) is 5.19 Å². The Balaban J connectivity index is 1.45. The number of hydrogen-bond acceptors (Lipinski definition) is 6. The fourth-order valence-electron chi connectivity index (χ4n) is 3.17. The molecule has 1 aromatic heterocycles. The molecule has 1 unspecified atom stereocenters. The van der Waals surface area contributed by atoms with Gasteiger partial charge in [0.1, 0.15) is 11.9 Å². The summed E-state index contributed by atoms with van der Waals surface area (Å²) in [5.74, 6) is -0.864. The van der Waals surface area contributed by atoms with Crippen molar-refractivity contribution in [3.63, 3.8) is 0 Å². The van der Waals surface area contributed by atoms with Gasteiger partial charge in [-0.2, -0.15) is 0 Å². The average molecular weight is 448 g/mol. The van der Waals surface area contributed by atoms with Crippen LogP contribution >= 0.6 is 11.3 Å². The van der Waals surface area contributed by atoms with E-state index in [1.165, 1.54) is 41.7 Å². The Morgan fingerprint density at radius 1 is 1.23 bits per heavy atom. The topological polar surface area (TPSA) is 88.6 Å². The minimum absolute atomic E-state index is 0.130. The fourth-order valence-corrected chi connectivity index (χ4v) is 4.80. The van der Waals surface area contributed by atoms with Crippen LogP contribution in [-0.2, 0) is 10.0 Å². The van der Waals surface area contributed by atoms with E-state index in [9.17, 15) is 17.6 Å². The Kier molecular flexibility index (Phi) is 5.69. The largest absolute Gasteiger partial charge is 0.465 e. The van der Waals surface area contributed by atoms with E-state index in [0.29, 0.717) is 30.3 Å². The molecule has 7 nitrogen and oxygen atoms in total. The van der Waals surface area contributed by atoms with Crippen molar-refractivity contribution in [1.82, 2.24) is 9.88 Å². The van der Waals surface area contributed by atoms with E-state index in [-0.39, 0.29) is 22.6 Å². The number of hydrogen-bond donors (Lipinski definition) is 1. The van der Waals surface area contributed by atoms with Crippen LogP contribution < -0.4 is 9.46 Å². The van der Waals surface area contributed by atoms with Crippen LogP contribution in [0.15, 0.2) is 65.0 Å². The third-order valence-corrected chi connectivity index (χ3v) is 6.62. The summed E-state index contributed by atoms with van der Waals surface area (Å²) in [5.41, 5.74) is 0.573.